The van der Waals surface area contributed by atoms with Gasteiger partial charge in [-0.05, 0) is 19.3 Å². The molecule has 1 atom stereocenters. The van der Waals surface area contributed by atoms with Crippen LogP contribution in [0, 0.1) is 0 Å². The van der Waals surface area contributed by atoms with E-state index in [0.717, 1.165) is 57.8 Å². The molecular formula is C19H27N7O. The molecule has 27 heavy (non-hydrogen) atoms. The van der Waals surface area contributed by atoms with Gasteiger partial charge in [-0.3, -0.25) is 14.5 Å². The number of amides is 2. The fourth-order valence-electron chi connectivity index (χ4n) is 4.56. The predicted molar refractivity (Wildman–Crippen MR) is 102 cm³/mol. The quantitative estimate of drug-likeness (QED) is 0.824. The van der Waals surface area contributed by atoms with Crippen LogP contribution < -0.4 is 4.90 Å². The van der Waals surface area contributed by atoms with E-state index in [2.05, 4.69) is 25.7 Å². The number of aryl methyl sites for hydroxylation is 1. The number of likely N-dealkylation sites (N-methyl/N-ethyl adjacent to an activating group) is 1. The van der Waals surface area contributed by atoms with Gasteiger partial charge in [0.05, 0.1) is 23.6 Å². The van der Waals surface area contributed by atoms with E-state index in [9.17, 15) is 4.79 Å². The minimum atomic E-state index is 0.0631. The third-order valence-electron chi connectivity index (χ3n) is 6.18. The van der Waals surface area contributed by atoms with Crippen LogP contribution in [0.4, 0.5) is 10.5 Å². The van der Waals surface area contributed by atoms with Crippen molar-refractivity contribution < 1.29 is 4.79 Å². The summed E-state index contributed by atoms with van der Waals surface area (Å²) in [6.45, 7) is 5.66. The first kappa shape index (κ1) is 16.8. The number of carbonyl (C=O) groups is 1. The second kappa shape index (κ2) is 6.67. The lowest BCUT2D eigenvalue weighted by Crippen LogP contribution is -2.28. The smallest absolute Gasteiger partial charge is 0.324 e. The lowest BCUT2D eigenvalue weighted by atomic mass is 10.1. The maximum atomic E-state index is 12.2. The van der Waals surface area contributed by atoms with Crippen LogP contribution in [0.1, 0.15) is 36.8 Å². The van der Waals surface area contributed by atoms with Gasteiger partial charge >= 0.3 is 6.03 Å². The number of fused-ring (bicyclic) bond motifs is 1. The summed E-state index contributed by atoms with van der Waals surface area (Å²) < 4.78 is 4.46. The van der Waals surface area contributed by atoms with E-state index >= 15 is 0 Å². The number of aromatic nitrogens is 4. The number of imidazole rings is 1. The Morgan fingerprint density at radius 3 is 2.93 bits per heavy atom. The normalized spacial score (nSPS) is 23.4. The van der Waals surface area contributed by atoms with Gasteiger partial charge < -0.3 is 9.47 Å². The number of urea groups is 1. The van der Waals surface area contributed by atoms with Gasteiger partial charge in [0, 0.05) is 65.1 Å². The summed E-state index contributed by atoms with van der Waals surface area (Å²) in [5.74, 6) is 1.25. The Balaban J connectivity index is 1.24. The molecule has 3 aliphatic heterocycles. The van der Waals surface area contributed by atoms with Gasteiger partial charge in [0.25, 0.3) is 0 Å². The van der Waals surface area contributed by atoms with Gasteiger partial charge in [0.2, 0.25) is 0 Å². The lowest BCUT2D eigenvalue weighted by molar-refractivity contribution is 0.229. The molecule has 0 bridgehead atoms. The standard InChI is InChI=1S/C19H27N7O/c1-22-8-9-25(19(22)27)17-11-21-26(14-17)15-5-7-23(12-15)13-16-10-20-18-4-2-3-6-24(16)18/h10-11,14-15H,2-9,12-13H2,1H3. The van der Waals surface area contributed by atoms with E-state index in [0.29, 0.717) is 6.04 Å². The van der Waals surface area contributed by atoms with E-state index in [1.165, 1.54) is 24.4 Å². The molecule has 1 unspecified atom stereocenters. The van der Waals surface area contributed by atoms with E-state index in [1.54, 1.807) is 4.90 Å². The minimum Gasteiger partial charge on any atom is -0.331 e. The Morgan fingerprint density at radius 2 is 2.07 bits per heavy atom. The average Bonchev–Trinajstić information content (AvgIpc) is 3.45. The fraction of sp³-hybridized carbons (Fsp3) is 0.632. The van der Waals surface area contributed by atoms with Crippen LogP contribution in [0.2, 0.25) is 0 Å². The van der Waals surface area contributed by atoms with Gasteiger partial charge in [-0.25, -0.2) is 9.78 Å². The number of hydrogen-bond donors (Lipinski definition) is 0. The van der Waals surface area contributed by atoms with Crippen LogP contribution in [0.15, 0.2) is 18.6 Å². The Hall–Kier alpha value is -2.35. The van der Waals surface area contributed by atoms with Crippen molar-refractivity contribution in [3.63, 3.8) is 0 Å². The first-order valence-corrected chi connectivity index (χ1v) is 10.0. The van der Waals surface area contributed by atoms with Crippen molar-refractivity contribution in [2.45, 2.75) is 44.8 Å². The molecule has 8 nitrogen and oxygen atoms in total. The van der Waals surface area contributed by atoms with Crippen LogP contribution in [0.5, 0.6) is 0 Å². The molecule has 2 saturated heterocycles. The second-order valence-corrected chi connectivity index (χ2v) is 7.99. The molecule has 0 N–H and O–H groups in total. The largest absolute Gasteiger partial charge is 0.331 e. The van der Waals surface area contributed by atoms with E-state index < -0.39 is 0 Å². The molecular weight excluding hydrogens is 342 g/mol. The highest BCUT2D eigenvalue weighted by Crippen LogP contribution is 2.27. The molecule has 0 spiro atoms. The van der Waals surface area contributed by atoms with Gasteiger partial charge in [-0.1, -0.05) is 0 Å². The highest BCUT2D eigenvalue weighted by molar-refractivity contribution is 5.93. The van der Waals surface area contributed by atoms with E-state index in [-0.39, 0.29) is 6.03 Å². The molecule has 5 heterocycles. The maximum absolute atomic E-state index is 12.2. The molecule has 2 amide bonds. The number of rotatable bonds is 4. The molecule has 2 aromatic heterocycles. The zero-order chi connectivity index (χ0) is 18.4. The van der Waals surface area contributed by atoms with Crippen LogP contribution in [-0.2, 0) is 19.5 Å². The molecule has 0 aliphatic carbocycles. The SMILES string of the molecule is CN1CCN(c2cnn(C3CCN(Cc4cnc5n4CCCC5)C3)c2)C1=O. The summed E-state index contributed by atoms with van der Waals surface area (Å²) in [6, 6.07) is 0.436. The number of likely N-dealkylation sites (tertiary alicyclic amines) is 1. The lowest BCUT2D eigenvalue weighted by Gasteiger charge is -2.20. The van der Waals surface area contributed by atoms with Crippen molar-refractivity contribution in [2.24, 2.45) is 0 Å². The van der Waals surface area contributed by atoms with Gasteiger partial charge in [-0.2, -0.15) is 5.10 Å². The predicted octanol–water partition coefficient (Wildman–Crippen LogP) is 1.73. The van der Waals surface area contributed by atoms with Crippen LogP contribution >= 0.6 is 0 Å². The third kappa shape index (κ3) is 3.01. The molecule has 0 radical (unpaired) electrons. The van der Waals surface area contributed by atoms with Gasteiger partial charge in [0.1, 0.15) is 5.82 Å². The molecule has 3 aliphatic rings. The Kier molecular flexibility index (Phi) is 4.15. The first-order valence-electron chi connectivity index (χ1n) is 10.0. The molecule has 2 fully saturated rings. The number of nitrogens with zero attached hydrogens (tertiary/aromatic N) is 7. The summed E-state index contributed by atoms with van der Waals surface area (Å²) in [4.78, 5) is 22.9. The number of hydrogen-bond acceptors (Lipinski definition) is 4. The summed E-state index contributed by atoms with van der Waals surface area (Å²) in [7, 11) is 1.84. The summed E-state index contributed by atoms with van der Waals surface area (Å²) in [6.07, 6.45) is 10.7. The zero-order valence-corrected chi connectivity index (χ0v) is 15.9. The van der Waals surface area contributed by atoms with Crippen molar-refractivity contribution in [1.82, 2.24) is 29.1 Å². The van der Waals surface area contributed by atoms with Crippen molar-refractivity contribution in [3.05, 3.63) is 30.1 Å². The van der Waals surface area contributed by atoms with Crippen molar-refractivity contribution >= 4 is 11.7 Å². The Labute approximate surface area is 159 Å². The summed E-state index contributed by atoms with van der Waals surface area (Å²) in [5, 5.41) is 4.56. The third-order valence-corrected chi connectivity index (χ3v) is 6.18. The fourth-order valence-corrected chi connectivity index (χ4v) is 4.56. The summed E-state index contributed by atoms with van der Waals surface area (Å²) in [5.41, 5.74) is 2.25. The van der Waals surface area contributed by atoms with E-state index in [4.69, 9.17) is 0 Å². The van der Waals surface area contributed by atoms with Crippen molar-refractivity contribution in [3.8, 4) is 0 Å². The van der Waals surface area contributed by atoms with Crippen LogP contribution in [0.25, 0.3) is 0 Å². The Morgan fingerprint density at radius 1 is 1.15 bits per heavy atom. The maximum Gasteiger partial charge on any atom is 0.324 e. The number of carbonyl (C=O) groups excluding carboxylic acids is 1. The second-order valence-electron chi connectivity index (χ2n) is 7.99. The summed E-state index contributed by atoms with van der Waals surface area (Å²) >= 11 is 0. The average molecular weight is 369 g/mol. The number of anilines is 1. The monoisotopic (exact) mass is 369 g/mol. The van der Waals surface area contributed by atoms with Crippen LogP contribution in [0.3, 0.4) is 0 Å². The minimum absolute atomic E-state index is 0.0631. The van der Waals surface area contributed by atoms with Gasteiger partial charge in [0.15, 0.2) is 0 Å². The van der Waals surface area contributed by atoms with Gasteiger partial charge in [-0.15, -0.1) is 0 Å². The Bertz CT molecular complexity index is 841. The molecule has 0 saturated carbocycles. The van der Waals surface area contributed by atoms with Crippen molar-refractivity contribution in [2.75, 3.05) is 38.1 Å². The van der Waals surface area contributed by atoms with Crippen LogP contribution in [-0.4, -0.2) is 68.4 Å². The first-order chi connectivity index (χ1) is 13.2. The molecule has 8 heteroatoms. The highest BCUT2D eigenvalue weighted by Gasteiger charge is 2.30. The molecule has 5 rings (SSSR count). The topological polar surface area (TPSA) is 62.4 Å². The zero-order valence-electron chi connectivity index (χ0n) is 15.9. The molecule has 0 aromatic carbocycles. The molecule has 144 valence electrons. The van der Waals surface area contributed by atoms with E-state index in [1.807, 2.05) is 29.0 Å². The molecule has 2 aromatic rings. The highest BCUT2D eigenvalue weighted by atomic mass is 16.2. The van der Waals surface area contributed by atoms with Crippen molar-refractivity contribution in [1.29, 1.82) is 0 Å².